The van der Waals surface area contributed by atoms with Gasteiger partial charge in [-0.05, 0) is 18.8 Å². The van der Waals surface area contributed by atoms with Crippen molar-refractivity contribution in [2.45, 2.75) is 19.3 Å². The van der Waals surface area contributed by atoms with Gasteiger partial charge >= 0.3 is 0 Å². The van der Waals surface area contributed by atoms with Gasteiger partial charge in [-0.2, -0.15) is 5.06 Å². The molecule has 64 valence electrons. The molecule has 0 aromatic rings. The number of piperidine rings is 1. The van der Waals surface area contributed by atoms with Crippen molar-refractivity contribution >= 4 is 5.84 Å². The van der Waals surface area contributed by atoms with Crippen molar-refractivity contribution in [1.82, 2.24) is 5.06 Å². The van der Waals surface area contributed by atoms with Gasteiger partial charge in [0.2, 0.25) is 0 Å². The number of nitrogens with zero attached hydrogens (tertiary/aromatic N) is 1. The molecular formula is C7H15N3O. The van der Waals surface area contributed by atoms with Crippen molar-refractivity contribution in [2.75, 3.05) is 13.1 Å². The maximum absolute atomic E-state index is 9.01. The molecule has 1 rings (SSSR count). The van der Waals surface area contributed by atoms with Gasteiger partial charge in [0.25, 0.3) is 0 Å². The van der Waals surface area contributed by atoms with Crippen molar-refractivity contribution in [3.05, 3.63) is 0 Å². The molecule has 4 N–H and O–H groups in total. The Morgan fingerprint density at radius 1 is 1.55 bits per heavy atom. The summed E-state index contributed by atoms with van der Waals surface area (Å²) in [6, 6.07) is 0. The molecule has 0 amide bonds. The Morgan fingerprint density at radius 2 is 2.09 bits per heavy atom. The second kappa shape index (κ2) is 3.69. The van der Waals surface area contributed by atoms with Crippen LogP contribution < -0.4 is 5.73 Å². The molecule has 0 aromatic heterocycles. The zero-order valence-electron chi connectivity index (χ0n) is 6.58. The Kier molecular flexibility index (Phi) is 2.84. The van der Waals surface area contributed by atoms with Crippen LogP contribution in [0.3, 0.4) is 0 Å². The van der Waals surface area contributed by atoms with Crippen molar-refractivity contribution in [2.24, 2.45) is 11.7 Å². The number of rotatable bonds is 2. The summed E-state index contributed by atoms with van der Waals surface area (Å²) in [5.74, 6) is 0.775. The fourth-order valence-electron chi connectivity index (χ4n) is 1.43. The van der Waals surface area contributed by atoms with E-state index in [1.54, 1.807) is 0 Å². The Morgan fingerprint density at radius 3 is 2.55 bits per heavy atom. The predicted octanol–water partition coefficient (Wildman–Crippen LogP) is 0.414. The van der Waals surface area contributed by atoms with Gasteiger partial charge in [-0.25, -0.2) is 0 Å². The molecule has 0 aromatic carbocycles. The average Bonchev–Trinajstić information content (AvgIpc) is 1.93. The first-order valence-electron chi connectivity index (χ1n) is 3.95. The van der Waals surface area contributed by atoms with Crippen LogP contribution in [0.2, 0.25) is 0 Å². The summed E-state index contributed by atoms with van der Waals surface area (Å²) in [6.07, 6.45) is 2.60. The molecule has 1 aliphatic heterocycles. The minimum atomic E-state index is 0.265. The van der Waals surface area contributed by atoms with Crippen LogP contribution in [0.1, 0.15) is 19.3 Å². The second-order valence-corrected chi connectivity index (χ2v) is 3.13. The minimum absolute atomic E-state index is 0.265. The van der Waals surface area contributed by atoms with E-state index < -0.39 is 0 Å². The van der Waals surface area contributed by atoms with Crippen molar-refractivity contribution in [3.63, 3.8) is 0 Å². The van der Waals surface area contributed by atoms with Crippen molar-refractivity contribution < 1.29 is 5.21 Å². The first-order valence-corrected chi connectivity index (χ1v) is 3.95. The number of hydrogen-bond acceptors (Lipinski definition) is 3. The predicted molar refractivity (Wildman–Crippen MR) is 42.6 cm³/mol. The number of nitrogens with two attached hydrogens (primary N) is 1. The molecule has 11 heavy (non-hydrogen) atoms. The Labute approximate surface area is 66.5 Å². The number of hydrogen-bond donors (Lipinski definition) is 3. The van der Waals surface area contributed by atoms with Gasteiger partial charge in [0.1, 0.15) is 0 Å². The van der Waals surface area contributed by atoms with E-state index in [1.807, 2.05) is 0 Å². The number of nitrogens with one attached hydrogen (secondary N) is 1. The molecule has 1 fully saturated rings. The molecule has 4 nitrogen and oxygen atoms in total. The van der Waals surface area contributed by atoms with E-state index in [0.29, 0.717) is 12.3 Å². The van der Waals surface area contributed by atoms with Crippen LogP contribution in [0.15, 0.2) is 0 Å². The summed E-state index contributed by atoms with van der Waals surface area (Å²) in [4.78, 5) is 0. The lowest BCUT2D eigenvalue weighted by Gasteiger charge is -2.26. The molecule has 0 spiro atoms. The monoisotopic (exact) mass is 157 g/mol. The van der Waals surface area contributed by atoms with Gasteiger partial charge < -0.3 is 10.9 Å². The van der Waals surface area contributed by atoms with Gasteiger partial charge in [-0.15, -0.1) is 0 Å². The summed E-state index contributed by atoms with van der Waals surface area (Å²) in [7, 11) is 0. The zero-order valence-corrected chi connectivity index (χ0v) is 6.58. The molecular weight excluding hydrogens is 142 g/mol. The van der Waals surface area contributed by atoms with E-state index in [0.717, 1.165) is 25.9 Å². The van der Waals surface area contributed by atoms with Gasteiger partial charge in [-0.1, -0.05) is 0 Å². The van der Waals surface area contributed by atoms with E-state index in [9.17, 15) is 0 Å². The highest BCUT2D eigenvalue weighted by Crippen LogP contribution is 2.18. The molecule has 1 heterocycles. The maximum Gasteiger partial charge on any atom is 0.0908 e. The van der Waals surface area contributed by atoms with E-state index >= 15 is 0 Å². The zero-order chi connectivity index (χ0) is 8.27. The first kappa shape index (κ1) is 8.49. The Hall–Kier alpha value is -0.610. The fraction of sp³-hybridized carbons (Fsp3) is 0.857. The molecule has 1 aliphatic rings. The summed E-state index contributed by atoms with van der Waals surface area (Å²) >= 11 is 0. The van der Waals surface area contributed by atoms with Crippen LogP contribution in [0.4, 0.5) is 0 Å². The Bertz CT molecular complexity index is 141. The number of amidine groups is 1. The third kappa shape index (κ3) is 2.86. The standard InChI is InChI=1S/C7H15N3O/c8-7(9)5-6-1-3-10(11)4-2-6/h6,11H,1-5H2,(H3,8,9). The maximum atomic E-state index is 9.01. The van der Waals surface area contributed by atoms with E-state index in [-0.39, 0.29) is 5.84 Å². The van der Waals surface area contributed by atoms with Crippen LogP contribution in [0, 0.1) is 11.3 Å². The van der Waals surface area contributed by atoms with E-state index in [4.69, 9.17) is 16.4 Å². The fourth-order valence-corrected chi connectivity index (χ4v) is 1.43. The molecule has 0 unspecified atom stereocenters. The van der Waals surface area contributed by atoms with Gasteiger partial charge in [0.05, 0.1) is 5.84 Å². The topological polar surface area (TPSA) is 73.3 Å². The first-order chi connectivity index (χ1) is 5.18. The highest BCUT2D eigenvalue weighted by atomic mass is 16.5. The van der Waals surface area contributed by atoms with E-state index in [2.05, 4.69) is 0 Å². The third-order valence-electron chi connectivity index (χ3n) is 2.10. The van der Waals surface area contributed by atoms with Crippen molar-refractivity contribution in [1.29, 1.82) is 5.41 Å². The summed E-state index contributed by atoms with van der Waals surface area (Å²) < 4.78 is 0. The molecule has 4 heteroatoms. The highest BCUT2D eigenvalue weighted by molar-refractivity contribution is 5.77. The van der Waals surface area contributed by atoms with Crippen molar-refractivity contribution in [3.8, 4) is 0 Å². The molecule has 0 aliphatic carbocycles. The van der Waals surface area contributed by atoms with Crippen LogP contribution >= 0.6 is 0 Å². The van der Waals surface area contributed by atoms with Crippen LogP contribution in [-0.2, 0) is 0 Å². The lowest BCUT2D eigenvalue weighted by molar-refractivity contribution is -0.111. The summed E-state index contributed by atoms with van der Waals surface area (Å²) in [5, 5.41) is 17.4. The van der Waals surface area contributed by atoms with Crippen LogP contribution in [0.25, 0.3) is 0 Å². The molecule has 0 bridgehead atoms. The lowest BCUT2D eigenvalue weighted by atomic mass is 9.94. The minimum Gasteiger partial charge on any atom is -0.388 e. The quantitative estimate of drug-likeness (QED) is 0.401. The van der Waals surface area contributed by atoms with Crippen LogP contribution in [0.5, 0.6) is 0 Å². The molecule has 0 saturated carbocycles. The SMILES string of the molecule is N=C(N)CC1CCN(O)CC1. The molecule has 1 saturated heterocycles. The number of hydroxylamine groups is 2. The molecule has 0 atom stereocenters. The van der Waals surface area contributed by atoms with Gasteiger partial charge in [0, 0.05) is 19.5 Å². The highest BCUT2D eigenvalue weighted by Gasteiger charge is 2.17. The summed E-state index contributed by atoms with van der Waals surface area (Å²) in [5.41, 5.74) is 5.27. The Balaban J connectivity index is 2.22. The summed E-state index contributed by atoms with van der Waals surface area (Å²) in [6.45, 7) is 1.44. The van der Waals surface area contributed by atoms with Gasteiger partial charge in [-0.3, -0.25) is 5.41 Å². The second-order valence-electron chi connectivity index (χ2n) is 3.13. The smallest absolute Gasteiger partial charge is 0.0908 e. The third-order valence-corrected chi connectivity index (χ3v) is 2.10. The van der Waals surface area contributed by atoms with E-state index in [1.165, 1.54) is 5.06 Å². The average molecular weight is 157 g/mol. The normalized spacial score (nSPS) is 21.9. The van der Waals surface area contributed by atoms with Gasteiger partial charge in [0.15, 0.2) is 0 Å². The molecule has 0 radical (unpaired) electrons. The lowest BCUT2D eigenvalue weighted by Crippen LogP contribution is -2.32. The largest absolute Gasteiger partial charge is 0.388 e. The van der Waals surface area contributed by atoms with Crippen LogP contribution in [-0.4, -0.2) is 29.2 Å².